The highest BCUT2D eigenvalue weighted by atomic mass is 16.5. The van der Waals surface area contributed by atoms with Gasteiger partial charge in [-0.05, 0) is 48.7 Å². The molecule has 0 aliphatic carbocycles. The number of amides is 1. The second-order valence-corrected chi connectivity index (χ2v) is 6.17. The number of carbonyl (C=O) groups excluding carboxylic acids is 1. The van der Waals surface area contributed by atoms with Gasteiger partial charge in [0.2, 0.25) is 5.91 Å². The van der Waals surface area contributed by atoms with E-state index >= 15 is 0 Å². The van der Waals surface area contributed by atoms with Crippen LogP contribution in [0, 0.1) is 6.92 Å². The molecule has 0 aliphatic heterocycles. The smallest absolute Gasteiger partial charge is 0.224 e. The Hall–Kier alpha value is -2.82. The van der Waals surface area contributed by atoms with Crippen LogP contribution in [0.15, 0.2) is 42.5 Å². The van der Waals surface area contributed by atoms with E-state index in [0.717, 1.165) is 40.2 Å². The molecule has 0 bridgehead atoms. The van der Waals surface area contributed by atoms with Crippen molar-refractivity contribution in [1.82, 2.24) is 14.9 Å². The van der Waals surface area contributed by atoms with Crippen LogP contribution in [0.3, 0.4) is 0 Å². The molecule has 1 amide bonds. The first-order valence-corrected chi connectivity index (χ1v) is 8.38. The van der Waals surface area contributed by atoms with E-state index in [4.69, 9.17) is 4.74 Å². The van der Waals surface area contributed by atoms with E-state index in [9.17, 15) is 4.79 Å². The monoisotopic (exact) mass is 337 g/mol. The quantitative estimate of drug-likeness (QED) is 0.752. The van der Waals surface area contributed by atoms with Crippen LogP contribution in [0.5, 0.6) is 5.75 Å². The van der Waals surface area contributed by atoms with Gasteiger partial charge in [-0.2, -0.15) is 0 Å². The summed E-state index contributed by atoms with van der Waals surface area (Å²) in [6.45, 7) is 2.59. The van der Waals surface area contributed by atoms with Crippen LogP contribution in [-0.2, 0) is 24.7 Å². The second-order valence-electron chi connectivity index (χ2n) is 6.17. The summed E-state index contributed by atoms with van der Waals surface area (Å²) in [6.07, 6.45) is 1.14. The fourth-order valence-corrected chi connectivity index (χ4v) is 2.90. The molecule has 1 N–H and O–H groups in total. The lowest BCUT2D eigenvalue weighted by Gasteiger charge is -2.07. The van der Waals surface area contributed by atoms with Crippen LogP contribution < -0.4 is 10.1 Å². The number of aryl methyl sites for hydroxylation is 2. The maximum atomic E-state index is 12.2. The third-order valence-electron chi connectivity index (χ3n) is 4.40. The number of benzene rings is 2. The molecular weight excluding hydrogens is 314 g/mol. The summed E-state index contributed by atoms with van der Waals surface area (Å²) in [5, 5.41) is 2.98. The van der Waals surface area contributed by atoms with Gasteiger partial charge in [-0.15, -0.1) is 0 Å². The van der Waals surface area contributed by atoms with Crippen LogP contribution in [0.1, 0.15) is 17.0 Å². The molecule has 0 aliphatic rings. The van der Waals surface area contributed by atoms with Gasteiger partial charge in [0.15, 0.2) is 0 Å². The molecule has 25 heavy (non-hydrogen) atoms. The van der Waals surface area contributed by atoms with Crippen molar-refractivity contribution >= 4 is 16.9 Å². The van der Waals surface area contributed by atoms with Gasteiger partial charge in [0.25, 0.3) is 0 Å². The summed E-state index contributed by atoms with van der Waals surface area (Å²) in [4.78, 5) is 16.7. The van der Waals surface area contributed by atoms with Crippen LogP contribution in [-0.4, -0.2) is 29.1 Å². The minimum Gasteiger partial charge on any atom is -0.497 e. The van der Waals surface area contributed by atoms with Crippen LogP contribution >= 0.6 is 0 Å². The van der Waals surface area contributed by atoms with Gasteiger partial charge in [0.1, 0.15) is 11.6 Å². The summed E-state index contributed by atoms with van der Waals surface area (Å²) < 4.78 is 7.26. The molecule has 1 heterocycles. The summed E-state index contributed by atoms with van der Waals surface area (Å²) in [5.74, 6) is 1.83. The molecule has 0 unspecified atom stereocenters. The second kappa shape index (κ2) is 7.38. The van der Waals surface area contributed by atoms with Gasteiger partial charge in [0, 0.05) is 13.6 Å². The zero-order valence-corrected chi connectivity index (χ0v) is 14.9. The van der Waals surface area contributed by atoms with E-state index in [1.165, 1.54) is 0 Å². The number of carbonyl (C=O) groups is 1. The predicted octanol–water partition coefficient (Wildman–Crippen LogP) is 2.79. The molecular formula is C20H23N3O2. The van der Waals surface area contributed by atoms with E-state index in [2.05, 4.69) is 10.3 Å². The number of ether oxygens (including phenoxy) is 1. The summed E-state index contributed by atoms with van der Waals surface area (Å²) in [6, 6.07) is 13.9. The topological polar surface area (TPSA) is 56.1 Å². The van der Waals surface area contributed by atoms with Crippen molar-refractivity contribution in [3.05, 3.63) is 59.4 Å². The number of aromatic nitrogens is 2. The fraction of sp³-hybridized carbons (Fsp3) is 0.300. The van der Waals surface area contributed by atoms with Crippen molar-refractivity contribution in [1.29, 1.82) is 0 Å². The lowest BCUT2D eigenvalue weighted by Crippen LogP contribution is -2.27. The lowest BCUT2D eigenvalue weighted by molar-refractivity contribution is -0.120. The van der Waals surface area contributed by atoms with Crippen LogP contribution in [0.25, 0.3) is 11.0 Å². The van der Waals surface area contributed by atoms with Gasteiger partial charge < -0.3 is 14.6 Å². The van der Waals surface area contributed by atoms with E-state index in [1.807, 2.05) is 61.0 Å². The number of nitrogens with one attached hydrogen (secondary N) is 1. The Morgan fingerprint density at radius 3 is 2.84 bits per heavy atom. The maximum absolute atomic E-state index is 12.2. The molecule has 1 aromatic heterocycles. The highest BCUT2D eigenvalue weighted by Gasteiger charge is 2.08. The van der Waals surface area contributed by atoms with Crippen molar-refractivity contribution in [3.63, 3.8) is 0 Å². The molecule has 3 rings (SSSR count). The predicted molar refractivity (Wildman–Crippen MR) is 98.9 cm³/mol. The highest BCUT2D eigenvalue weighted by molar-refractivity contribution is 5.82. The Labute approximate surface area is 147 Å². The van der Waals surface area contributed by atoms with E-state index in [0.29, 0.717) is 13.0 Å². The normalized spacial score (nSPS) is 10.8. The Morgan fingerprint density at radius 1 is 1.20 bits per heavy atom. The largest absolute Gasteiger partial charge is 0.497 e. The van der Waals surface area contributed by atoms with E-state index < -0.39 is 0 Å². The molecule has 130 valence electrons. The zero-order chi connectivity index (χ0) is 17.8. The van der Waals surface area contributed by atoms with Crippen LogP contribution in [0.4, 0.5) is 0 Å². The number of methoxy groups -OCH3 is 1. The van der Waals surface area contributed by atoms with Crippen molar-refractivity contribution < 1.29 is 9.53 Å². The molecule has 0 saturated heterocycles. The molecule has 5 nitrogen and oxygen atoms in total. The number of hydrogen-bond donors (Lipinski definition) is 1. The summed E-state index contributed by atoms with van der Waals surface area (Å²) in [5.41, 5.74) is 4.14. The number of nitrogens with zero attached hydrogens (tertiary/aromatic N) is 2. The van der Waals surface area contributed by atoms with Gasteiger partial charge >= 0.3 is 0 Å². The average Bonchev–Trinajstić information content (AvgIpc) is 2.89. The highest BCUT2D eigenvalue weighted by Crippen LogP contribution is 2.17. The van der Waals surface area contributed by atoms with Crippen molar-refractivity contribution in [2.45, 2.75) is 19.8 Å². The Bertz CT molecular complexity index is 899. The minimum atomic E-state index is 0.0231. The third kappa shape index (κ3) is 3.99. The third-order valence-corrected chi connectivity index (χ3v) is 4.40. The Morgan fingerprint density at radius 2 is 2.04 bits per heavy atom. The molecule has 3 aromatic rings. The summed E-state index contributed by atoms with van der Waals surface area (Å²) in [7, 11) is 3.65. The number of rotatable bonds is 6. The molecule has 2 aromatic carbocycles. The summed E-state index contributed by atoms with van der Waals surface area (Å²) >= 11 is 0. The average molecular weight is 337 g/mol. The first kappa shape index (κ1) is 17.0. The molecule has 5 heteroatoms. The zero-order valence-electron chi connectivity index (χ0n) is 14.9. The standard InChI is InChI=1S/C20H23N3O2/c1-14-22-18-12-16(7-8-19(18)23(14)2)13-20(24)21-10-9-15-5-4-6-17(11-15)25-3/h4-8,11-12H,9-10,13H2,1-3H3,(H,21,24). The van der Waals surface area contributed by atoms with Crippen molar-refractivity contribution in [3.8, 4) is 5.75 Å². The first-order chi connectivity index (χ1) is 12.1. The first-order valence-electron chi connectivity index (χ1n) is 8.38. The van der Waals surface area contributed by atoms with Crippen molar-refractivity contribution in [2.75, 3.05) is 13.7 Å². The Kier molecular flexibility index (Phi) is 5.03. The maximum Gasteiger partial charge on any atom is 0.224 e. The molecule has 0 atom stereocenters. The van der Waals surface area contributed by atoms with E-state index in [1.54, 1.807) is 7.11 Å². The molecule has 0 spiro atoms. The molecule has 0 fully saturated rings. The fourth-order valence-electron chi connectivity index (χ4n) is 2.90. The van der Waals surface area contributed by atoms with E-state index in [-0.39, 0.29) is 5.91 Å². The van der Waals surface area contributed by atoms with Gasteiger partial charge in [-0.3, -0.25) is 4.79 Å². The minimum absolute atomic E-state index is 0.0231. The number of imidazole rings is 1. The van der Waals surface area contributed by atoms with Gasteiger partial charge in [-0.25, -0.2) is 4.98 Å². The number of hydrogen-bond acceptors (Lipinski definition) is 3. The Balaban J connectivity index is 1.55. The lowest BCUT2D eigenvalue weighted by atomic mass is 10.1. The van der Waals surface area contributed by atoms with Gasteiger partial charge in [-0.1, -0.05) is 18.2 Å². The molecule has 0 radical (unpaired) electrons. The molecule has 0 saturated carbocycles. The number of fused-ring (bicyclic) bond motifs is 1. The van der Waals surface area contributed by atoms with Crippen LogP contribution in [0.2, 0.25) is 0 Å². The van der Waals surface area contributed by atoms with Gasteiger partial charge in [0.05, 0.1) is 24.6 Å². The van der Waals surface area contributed by atoms with Crippen molar-refractivity contribution in [2.24, 2.45) is 7.05 Å². The SMILES string of the molecule is COc1cccc(CCNC(=O)Cc2ccc3c(c2)nc(C)n3C)c1.